The largest absolute Gasteiger partial charge is 0.268 e. The fraction of sp³-hybridized carbons (Fsp3) is 0.278. The Hall–Kier alpha value is -2.29. The predicted octanol–water partition coefficient (Wildman–Crippen LogP) is 3.97. The van der Waals surface area contributed by atoms with E-state index in [1.165, 1.54) is 28.7 Å². The zero-order valence-electron chi connectivity index (χ0n) is 14.1. The van der Waals surface area contributed by atoms with Crippen LogP contribution >= 0.6 is 22.7 Å². The minimum Gasteiger partial charge on any atom is -0.268 e. The average molecular weight is 384 g/mol. The molecule has 0 amide bonds. The quantitative estimate of drug-likeness (QED) is 0.528. The number of hydrogen-bond donors (Lipinski definition) is 1. The standard InChI is InChI=1S/C18H17N5OS2/c1-11(13-7-4-8-25-13)22-24-9-15-20-17-16-12-5-2-3-6-14(12)26-18(16)19-10-23(17)21-15/h4,7-8,10,22H,1-3,5-6,9H2. The van der Waals surface area contributed by atoms with Crippen molar-refractivity contribution in [2.45, 2.75) is 32.3 Å². The van der Waals surface area contributed by atoms with Gasteiger partial charge in [-0.2, -0.15) is 0 Å². The highest BCUT2D eigenvalue weighted by molar-refractivity contribution is 7.19. The molecule has 0 bridgehead atoms. The highest BCUT2D eigenvalue weighted by atomic mass is 32.1. The van der Waals surface area contributed by atoms with Crippen molar-refractivity contribution in [3.8, 4) is 0 Å². The van der Waals surface area contributed by atoms with Crippen LogP contribution in [-0.2, 0) is 24.3 Å². The molecule has 4 heterocycles. The molecular formula is C18H17N5OS2. The van der Waals surface area contributed by atoms with Crippen molar-refractivity contribution >= 4 is 44.2 Å². The molecule has 1 N–H and O–H groups in total. The van der Waals surface area contributed by atoms with Crippen LogP contribution in [0.25, 0.3) is 21.6 Å². The van der Waals surface area contributed by atoms with Crippen LogP contribution in [0.1, 0.15) is 34.0 Å². The molecule has 0 atom stereocenters. The van der Waals surface area contributed by atoms with Crippen molar-refractivity contribution in [2.24, 2.45) is 0 Å². The van der Waals surface area contributed by atoms with E-state index in [2.05, 4.69) is 22.1 Å². The number of thiophene rings is 2. The Morgan fingerprint density at radius 3 is 3.15 bits per heavy atom. The topological polar surface area (TPSA) is 64.3 Å². The van der Waals surface area contributed by atoms with Gasteiger partial charge in [-0.3, -0.25) is 10.3 Å². The Bertz CT molecular complexity index is 1100. The zero-order chi connectivity index (χ0) is 17.5. The molecule has 4 aromatic heterocycles. The second kappa shape index (κ2) is 6.46. The van der Waals surface area contributed by atoms with Gasteiger partial charge in [0.1, 0.15) is 17.8 Å². The highest BCUT2D eigenvalue weighted by Crippen LogP contribution is 2.36. The van der Waals surface area contributed by atoms with Gasteiger partial charge in [0.05, 0.1) is 16.0 Å². The summed E-state index contributed by atoms with van der Waals surface area (Å²) in [7, 11) is 0. The summed E-state index contributed by atoms with van der Waals surface area (Å²) in [4.78, 5) is 18.4. The molecular weight excluding hydrogens is 366 g/mol. The molecule has 0 spiro atoms. The van der Waals surface area contributed by atoms with Gasteiger partial charge in [-0.05, 0) is 42.7 Å². The Labute approximate surface area is 158 Å². The second-order valence-corrected chi connectivity index (χ2v) is 8.31. The average Bonchev–Trinajstić information content (AvgIpc) is 3.38. The lowest BCUT2D eigenvalue weighted by atomic mass is 9.97. The first kappa shape index (κ1) is 15.9. The first-order valence-corrected chi connectivity index (χ1v) is 10.2. The monoisotopic (exact) mass is 383 g/mol. The molecule has 0 radical (unpaired) electrons. The molecule has 132 valence electrons. The Kier molecular flexibility index (Phi) is 3.96. The highest BCUT2D eigenvalue weighted by Gasteiger charge is 2.20. The number of hydrogen-bond acceptors (Lipinski definition) is 7. The van der Waals surface area contributed by atoms with E-state index in [-0.39, 0.29) is 6.61 Å². The lowest BCUT2D eigenvalue weighted by Gasteiger charge is -2.09. The number of aryl methyl sites for hydroxylation is 2. The van der Waals surface area contributed by atoms with Crippen molar-refractivity contribution in [1.29, 1.82) is 0 Å². The Morgan fingerprint density at radius 1 is 1.35 bits per heavy atom. The molecule has 6 nitrogen and oxygen atoms in total. The molecule has 1 aliphatic rings. The molecule has 0 aromatic carbocycles. The first-order valence-electron chi connectivity index (χ1n) is 8.54. The van der Waals surface area contributed by atoms with Gasteiger partial charge in [0, 0.05) is 4.88 Å². The summed E-state index contributed by atoms with van der Waals surface area (Å²) in [5, 5.41) is 7.68. The van der Waals surface area contributed by atoms with E-state index in [1.54, 1.807) is 33.5 Å². The van der Waals surface area contributed by atoms with E-state index in [0.717, 1.165) is 33.9 Å². The molecule has 0 saturated carbocycles. The minimum absolute atomic E-state index is 0.264. The normalized spacial score (nSPS) is 14.0. The third-order valence-electron chi connectivity index (χ3n) is 4.55. The van der Waals surface area contributed by atoms with Crippen LogP contribution in [0.3, 0.4) is 0 Å². The SMILES string of the molecule is C=C(NOCc1nc2c3c4c(sc3ncn2n1)CCCC4)c1cccs1. The van der Waals surface area contributed by atoms with Crippen LogP contribution in [0.5, 0.6) is 0 Å². The van der Waals surface area contributed by atoms with Crippen molar-refractivity contribution in [3.05, 3.63) is 51.6 Å². The number of nitrogens with zero attached hydrogens (tertiary/aromatic N) is 4. The molecule has 0 unspecified atom stereocenters. The molecule has 4 aromatic rings. The van der Waals surface area contributed by atoms with Crippen LogP contribution in [0.2, 0.25) is 0 Å². The van der Waals surface area contributed by atoms with Crippen LogP contribution in [0, 0.1) is 0 Å². The number of rotatable bonds is 5. The van der Waals surface area contributed by atoms with Gasteiger partial charge in [0.25, 0.3) is 0 Å². The maximum Gasteiger partial charge on any atom is 0.180 e. The molecule has 1 aliphatic carbocycles. The van der Waals surface area contributed by atoms with E-state index >= 15 is 0 Å². The van der Waals surface area contributed by atoms with Gasteiger partial charge in [0.15, 0.2) is 11.5 Å². The third kappa shape index (κ3) is 2.70. The maximum atomic E-state index is 5.54. The number of fused-ring (bicyclic) bond motifs is 5. The summed E-state index contributed by atoms with van der Waals surface area (Å²) in [6.45, 7) is 4.24. The summed E-state index contributed by atoms with van der Waals surface area (Å²) in [5.74, 6) is 0.626. The van der Waals surface area contributed by atoms with Crippen LogP contribution in [-0.4, -0.2) is 19.6 Å². The number of nitrogens with one attached hydrogen (secondary N) is 1. The van der Waals surface area contributed by atoms with Gasteiger partial charge in [-0.1, -0.05) is 12.6 Å². The van der Waals surface area contributed by atoms with Crippen molar-refractivity contribution in [2.75, 3.05) is 0 Å². The van der Waals surface area contributed by atoms with Crippen LogP contribution < -0.4 is 5.48 Å². The van der Waals surface area contributed by atoms with E-state index in [0.29, 0.717) is 5.82 Å². The molecule has 26 heavy (non-hydrogen) atoms. The lowest BCUT2D eigenvalue weighted by Crippen LogP contribution is -2.12. The zero-order valence-corrected chi connectivity index (χ0v) is 15.7. The lowest BCUT2D eigenvalue weighted by molar-refractivity contribution is 0.0605. The predicted molar refractivity (Wildman–Crippen MR) is 104 cm³/mol. The van der Waals surface area contributed by atoms with E-state index < -0.39 is 0 Å². The molecule has 0 saturated heterocycles. The van der Waals surface area contributed by atoms with Crippen LogP contribution in [0.4, 0.5) is 0 Å². The first-order chi connectivity index (χ1) is 12.8. The fourth-order valence-electron chi connectivity index (χ4n) is 3.35. The summed E-state index contributed by atoms with van der Waals surface area (Å²) in [6.07, 6.45) is 6.51. The van der Waals surface area contributed by atoms with Crippen molar-refractivity contribution in [1.82, 2.24) is 25.1 Å². The van der Waals surface area contributed by atoms with Crippen molar-refractivity contribution in [3.63, 3.8) is 0 Å². The van der Waals surface area contributed by atoms with Gasteiger partial charge in [-0.25, -0.2) is 14.5 Å². The number of aromatic nitrogens is 4. The summed E-state index contributed by atoms with van der Waals surface area (Å²) >= 11 is 3.41. The summed E-state index contributed by atoms with van der Waals surface area (Å²) < 4.78 is 1.76. The van der Waals surface area contributed by atoms with Gasteiger partial charge < -0.3 is 0 Å². The van der Waals surface area contributed by atoms with E-state index in [1.807, 2.05) is 17.5 Å². The second-order valence-electron chi connectivity index (χ2n) is 6.28. The Balaban J connectivity index is 1.40. The van der Waals surface area contributed by atoms with Gasteiger partial charge >= 0.3 is 0 Å². The molecule has 0 aliphatic heterocycles. The van der Waals surface area contributed by atoms with Crippen LogP contribution in [0.15, 0.2) is 30.4 Å². The fourth-order valence-corrected chi connectivity index (χ4v) is 5.22. The molecule has 5 rings (SSSR count). The van der Waals surface area contributed by atoms with E-state index in [9.17, 15) is 0 Å². The molecule has 8 heteroatoms. The summed E-state index contributed by atoms with van der Waals surface area (Å²) in [5.41, 5.74) is 5.90. The Morgan fingerprint density at radius 2 is 2.27 bits per heavy atom. The van der Waals surface area contributed by atoms with Gasteiger partial charge in [-0.15, -0.1) is 27.8 Å². The van der Waals surface area contributed by atoms with Crippen molar-refractivity contribution < 1.29 is 4.84 Å². The summed E-state index contributed by atoms with van der Waals surface area (Å²) in [6, 6.07) is 3.98. The smallest absolute Gasteiger partial charge is 0.180 e. The minimum atomic E-state index is 0.264. The number of hydroxylamine groups is 1. The third-order valence-corrected chi connectivity index (χ3v) is 6.68. The molecule has 0 fully saturated rings. The maximum absolute atomic E-state index is 5.54. The van der Waals surface area contributed by atoms with E-state index in [4.69, 9.17) is 9.82 Å². The van der Waals surface area contributed by atoms with Gasteiger partial charge in [0.2, 0.25) is 0 Å².